The minimum absolute atomic E-state index is 0.361. The highest BCUT2D eigenvalue weighted by Crippen LogP contribution is 2.12. The zero-order chi connectivity index (χ0) is 12.0. The van der Waals surface area contributed by atoms with E-state index >= 15 is 0 Å². The summed E-state index contributed by atoms with van der Waals surface area (Å²) >= 11 is 5.90. The molecule has 1 N–H and O–H groups in total. The second-order valence-electron chi connectivity index (χ2n) is 3.94. The molecule has 0 heterocycles. The minimum Gasteiger partial charge on any atom is -0.389 e. The Kier molecular flexibility index (Phi) is 5.77. The van der Waals surface area contributed by atoms with E-state index in [2.05, 4.69) is 0 Å². The standard InChI is InChI=1S/C12H18ClNO2/c1-14(8-12(15)9-16-2)7-10-4-3-5-11(13)6-10/h3-6,12,15H,7-9H2,1-2H3. The summed E-state index contributed by atoms with van der Waals surface area (Å²) in [5.74, 6) is 0. The van der Waals surface area contributed by atoms with E-state index in [9.17, 15) is 5.11 Å². The van der Waals surface area contributed by atoms with Gasteiger partial charge in [0.1, 0.15) is 0 Å². The smallest absolute Gasteiger partial charge is 0.0900 e. The van der Waals surface area contributed by atoms with Crippen LogP contribution in [0.1, 0.15) is 5.56 Å². The largest absolute Gasteiger partial charge is 0.389 e. The average Bonchev–Trinajstić information content (AvgIpc) is 2.17. The maximum atomic E-state index is 9.56. The normalized spacial score (nSPS) is 13.1. The Morgan fingerprint density at radius 1 is 1.50 bits per heavy atom. The van der Waals surface area contributed by atoms with Crippen molar-refractivity contribution in [1.29, 1.82) is 0 Å². The Balaban J connectivity index is 2.42. The van der Waals surface area contributed by atoms with Crippen LogP contribution in [-0.4, -0.2) is 43.4 Å². The molecule has 16 heavy (non-hydrogen) atoms. The summed E-state index contributed by atoms with van der Waals surface area (Å²) in [4.78, 5) is 2.04. The fourth-order valence-electron chi connectivity index (χ4n) is 1.62. The third-order valence-electron chi connectivity index (χ3n) is 2.22. The first kappa shape index (κ1) is 13.5. The highest BCUT2D eigenvalue weighted by Gasteiger charge is 2.08. The molecule has 3 nitrogen and oxygen atoms in total. The molecule has 1 rings (SSSR count). The SMILES string of the molecule is COCC(O)CN(C)Cc1cccc(Cl)c1. The van der Waals surface area contributed by atoms with E-state index in [1.165, 1.54) is 0 Å². The van der Waals surface area contributed by atoms with Crippen LogP contribution >= 0.6 is 11.6 Å². The summed E-state index contributed by atoms with van der Waals surface area (Å²) in [7, 11) is 3.54. The van der Waals surface area contributed by atoms with E-state index in [-0.39, 0.29) is 0 Å². The van der Waals surface area contributed by atoms with E-state index in [0.717, 1.165) is 17.1 Å². The van der Waals surface area contributed by atoms with Crippen LogP contribution in [0.4, 0.5) is 0 Å². The van der Waals surface area contributed by atoms with Gasteiger partial charge in [-0.3, -0.25) is 4.90 Å². The number of ether oxygens (including phenoxy) is 1. The van der Waals surface area contributed by atoms with Gasteiger partial charge in [-0.25, -0.2) is 0 Å². The molecule has 1 unspecified atom stereocenters. The molecule has 1 aromatic rings. The summed E-state index contributed by atoms with van der Waals surface area (Å²) in [6.07, 6.45) is -0.450. The zero-order valence-electron chi connectivity index (χ0n) is 9.69. The van der Waals surface area contributed by atoms with Crippen LogP contribution in [0.15, 0.2) is 24.3 Å². The third-order valence-corrected chi connectivity index (χ3v) is 2.46. The van der Waals surface area contributed by atoms with Crippen molar-refractivity contribution in [2.24, 2.45) is 0 Å². The minimum atomic E-state index is -0.450. The van der Waals surface area contributed by atoms with Crippen molar-refractivity contribution < 1.29 is 9.84 Å². The van der Waals surface area contributed by atoms with Crippen LogP contribution in [0.25, 0.3) is 0 Å². The lowest BCUT2D eigenvalue weighted by atomic mass is 10.2. The molecule has 0 saturated carbocycles. The number of hydrogen-bond acceptors (Lipinski definition) is 3. The van der Waals surface area contributed by atoms with Gasteiger partial charge in [0, 0.05) is 25.2 Å². The Morgan fingerprint density at radius 3 is 2.88 bits per heavy atom. The molecule has 1 aromatic carbocycles. The number of rotatable bonds is 6. The molecule has 1 atom stereocenters. The van der Waals surface area contributed by atoms with Gasteiger partial charge in [-0.05, 0) is 24.7 Å². The number of hydrogen-bond donors (Lipinski definition) is 1. The molecule has 0 amide bonds. The molecule has 0 aliphatic rings. The van der Waals surface area contributed by atoms with Crippen molar-refractivity contribution in [3.8, 4) is 0 Å². The van der Waals surface area contributed by atoms with Crippen molar-refractivity contribution in [3.05, 3.63) is 34.9 Å². The van der Waals surface area contributed by atoms with Gasteiger partial charge in [0.2, 0.25) is 0 Å². The quantitative estimate of drug-likeness (QED) is 0.827. The first-order valence-corrected chi connectivity index (χ1v) is 5.59. The molecule has 0 aromatic heterocycles. The molecular weight excluding hydrogens is 226 g/mol. The Bertz CT molecular complexity index is 320. The van der Waals surface area contributed by atoms with Gasteiger partial charge in [0.05, 0.1) is 12.7 Å². The van der Waals surface area contributed by atoms with Crippen LogP contribution < -0.4 is 0 Å². The van der Waals surface area contributed by atoms with Crippen molar-refractivity contribution in [2.75, 3.05) is 27.3 Å². The molecule has 0 spiro atoms. The highest BCUT2D eigenvalue weighted by atomic mass is 35.5. The summed E-state index contributed by atoms with van der Waals surface area (Å²) in [6.45, 7) is 1.71. The average molecular weight is 244 g/mol. The molecule has 4 heteroatoms. The molecular formula is C12H18ClNO2. The topological polar surface area (TPSA) is 32.7 Å². The number of aliphatic hydroxyl groups is 1. The number of benzene rings is 1. The number of likely N-dealkylation sites (N-methyl/N-ethyl adjacent to an activating group) is 1. The molecule has 0 radical (unpaired) electrons. The first-order valence-electron chi connectivity index (χ1n) is 5.22. The summed E-state index contributed by atoms with van der Waals surface area (Å²) in [6, 6.07) is 7.73. The molecule has 0 saturated heterocycles. The lowest BCUT2D eigenvalue weighted by Gasteiger charge is -2.20. The van der Waals surface area contributed by atoms with E-state index in [0.29, 0.717) is 13.2 Å². The highest BCUT2D eigenvalue weighted by molar-refractivity contribution is 6.30. The van der Waals surface area contributed by atoms with Gasteiger partial charge < -0.3 is 9.84 Å². The molecule has 90 valence electrons. The van der Waals surface area contributed by atoms with Crippen molar-refractivity contribution in [2.45, 2.75) is 12.6 Å². The third kappa shape index (κ3) is 4.94. The summed E-state index contributed by atoms with van der Waals surface area (Å²) < 4.78 is 4.88. The van der Waals surface area contributed by atoms with E-state index in [1.807, 2.05) is 36.2 Å². The van der Waals surface area contributed by atoms with E-state index in [1.54, 1.807) is 7.11 Å². The van der Waals surface area contributed by atoms with Crippen LogP contribution in [0.2, 0.25) is 5.02 Å². The maximum absolute atomic E-state index is 9.56. The lowest BCUT2D eigenvalue weighted by Crippen LogP contribution is -2.31. The molecule has 0 bridgehead atoms. The van der Waals surface area contributed by atoms with Crippen LogP contribution in [0.5, 0.6) is 0 Å². The Morgan fingerprint density at radius 2 is 2.25 bits per heavy atom. The predicted octanol–water partition coefficient (Wildman–Crippen LogP) is 1.78. The van der Waals surface area contributed by atoms with Crippen LogP contribution in [0.3, 0.4) is 0 Å². The second-order valence-corrected chi connectivity index (χ2v) is 4.37. The predicted molar refractivity (Wildman–Crippen MR) is 65.7 cm³/mol. The van der Waals surface area contributed by atoms with Crippen molar-refractivity contribution >= 4 is 11.6 Å². The second kappa shape index (κ2) is 6.86. The van der Waals surface area contributed by atoms with Crippen molar-refractivity contribution in [1.82, 2.24) is 4.90 Å². The van der Waals surface area contributed by atoms with Gasteiger partial charge in [-0.15, -0.1) is 0 Å². The Hall–Kier alpha value is -0.610. The van der Waals surface area contributed by atoms with Gasteiger partial charge in [-0.2, -0.15) is 0 Å². The first-order chi connectivity index (χ1) is 7.61. The number of nitrogens with zero attached hydrogens (tertiary/aromatic N) is 1. The van der Waals surface area contributed by atoms with Gasteiger partial charge in [0.15, 0.2) is 0 Å². The zero-order valence-corrected chi connectivity index (χ0v) is 10.4. The van der Waals surface area contributed by atoms with Crippen LogP contribution in [0, 0.1) is 0 Å². The molecule has 0 fully saturated rings. The van der Waals surface area contributed by atoms with E-state index < -0.39 is 6.10 Å². The number of methoxy groups -OCH3 is 1. The molecule has 0 aliphatic carbocycles. The number of halogens is 1. The van der Waals surface area contributed by atoms with Gasteiger partial charge in [0.25, 0.3) is 0 Å². The van der Waals surface area contributed by atoms with Gasteiger partial charge in [-0.1, -0.05) is 23.7 Å². The summed E-state index contributed by atoms with van der Waals surface area (Å²) in [5, 5.41) is 10.3. The van der Waals surface area contributed by atoms with Crippen molar-refractivity contribution in [3.63, 3.8) is 0 Å². The Labute approximate surface area is 102 Å². The fraction of sp³-hybridized carbons (Fsp3) is 0.500. The maximum Gasteiger partial charge on any atom is 0.0900 e. The lowest BCUT2D eigenvalue weighted by molar-refractivity contribution is 0.0419. The number of aliphatic hydroxyl groups excluding tert-OH is 1. The van der Waals surface area contributed by atoms with E-state index in [4.69, 9.17) is 16.3 Å². The summed E-state index contributed by atoms with van der Waals surface area (Å²) in [5.41, 5.74) is 1.14. The van der Waals surface area contributed by atoms with Crippen LogP contribution in [-0.2, 0) is 11.3 Å². The molecule has 0 aliphatic heterocycles. The fourth-order valence-corrected chi connectivity index (χ4v) is 1.83. The van der Waals surface area contributed by atoms with Gasteiger partial charge >= 0.3 is 0 Å². The monoisotopic (exact) mass is 243 g/mol.